The SMILES string of the molecule is CCn1nc(C(=O)NCC2CCC(C)CC2)c(Cl)c1-c1cnc(N2CC(CC(F)(F)F)C2)cc1OC.O=S=O. The maximum Gasteiger partial charge on any atom is 0.389 e. The molecule has 1 saturated heterocycles. The number of carbonyl (C=O) groups is 1. The summed E-state index contributed by atoms with van der Waals surface area (Å²) in [5, 5.41) is 7.67. The molecule has 14 heteroatoms. The van der Waals surface area contributed by atoms with Crippen molar-refractivity contribution in [2.45, 2.75) is 58.7 Å². The smallest absolute Gasteiger partial charge is 0.389 e. The number of anilines is 1. The highest BCUT2D eigenvalue weighted by atomic mass is 35.5. The van der Waals surface area contributed by atoms with Crippen LogP contribution in [0.25, 0.3) is 11.3 Å². The quantitative estimate of drug-likeness (QED) is 0.465. The fourth-order valence-corrected chi connectivity index (χ4v) is 5.41. The fraction of sp³-hybridized carbons (Fsp3) is 0.640. The van der Waals surface area contributed by atoms with Gasteiger partial charge in [-0.05, 0) is 31.6 Å². The van der Waals surface area contributed by atoms with Gasteiger partial charge in [-0.2, -0.15) is 26.7 Å². The molecule has 1 amide bonds. The van der Waals surface area contributed by atoms with E-state index in [1.54, 1.807) is 21.8 Å². The molecule has 2 aliphatic rings. The molecule has 39 heavy (non-hydrogen) atoms. The van der Waals surface area contributed by atoms with E-state index in [1.807, 2.05) is 6.92 Å². The molecule has 216 valence electrons. The van der Waals surface area contributed by atoms with Gasteiger partial charge in [-0.1, -0.05) is 31.4 Å². The van der Waals surface area contributed by atoms with E-state index in [9.17, 15) is 18.0 Å². The molecule has 2 aromatic heterocycles. The summed E-state index contributed by atoms with van der Waals surface area (Å²) >= 11 is 5.93. The Morgan fingerprint density at radius 2 is 1.85 bits per heavy atom. The Bertz CT molecular complexity index is 1180. The number of aryl methyl sites for hydroxylation is 1. The first-order valence-electron chi connectivity index (χ1n) is 12.8. The summed E-state index contributed by atoms with van der Waals surface area (Å²) in [5.74, 6) is 1.45. The van der Waals surface area contributed by atoms with Gasteiger partial charge in [0.1, 0.15) is 11.6 Å². The van der Waals surface area contributed by atoms with Gasteiger partial charge in [0.2, 0.25) is 0 Å². The largest absolute Gasteiger partial charge is 0.496 e. The van der Waals surface area contributed by atoms with Crippen molar-refractivity contribution in [2.75, 3.05) is 31.6 Å². The van der Waals surface area contributed by atoms with Crippen molar-refractivity contribution in [3.63, 3.8) is 0 Å². The van der Waals surface area contributed by atoms with Crippen LogP contribution >= 0.6 is 11.6 Å². The zero-order chi connectivity index (χ0) is 28.7. The van der Waals surface area contributed by atoms with Crippen molar-refractivity contribution < 1.29 is 31.1 Å². The van der Waals surface area contributed by atoms with Crippen LogP contribution < -0.4 is 15.0 Å². The molecule has 0 atom stereocenters. The second-order valence-electron chi connectivity index (χ2n) is 10.1. The molecule has 0 bridgehead atoms. The number of carbonyl (C=O) groups excluding carboxylic acids is 1. The van der Waals surface area contributed by atoms with Crippen LogP contribution in [0.5, 0.6) is 5.75 Å². The van der Waals surface area contributed by atoms with E-state index in [0.29, 0.717) is 41.8 Å². The third-order valence-electron chi connectivity index (χ3n) is 7.22. The highest BCUT2D eigenvalue weighted by molar-refractivity contribution is 7.51. The van der Waals surface area contributed by atoms with Gasteiger partial charge in [0.05, 0.1) is 23.4 Å². The second kappa shape index (κ2) is 13.6. The second-order valence-corrected chi connectivity index (χ2v) is 10.6. The first-order chi connectivity index (χ1) is 18.5. The van der Waals surface area contributed by atoms with Gasteiger partial charge >= 0.3 is 17.7 Å². The highest BCUT2D eigenvalue weighted by Gasteiger charge is 2.38. The average Bonchev–Trinajstić information content (AvgIpc) is 3.21. The summed E-state index contributed by atoms with van der Waals surface area (Å²) in [6, 6.07) is 1.69. The Kier molecular flexibility index (Phi) is 10.8. The van der Waals surface area contributed by atoms with E-state index >= 15 is 0 Å². The van der Waals surface area contributed by atoms with Crippen molar-refractivity contribution in [3.05, 3.63) is 23.0 Å². The van der Waals surface area contributed by atoms with E-state index in [4.69, 9.17) is 24.8 Å². The molecular formula is C25H33ClF3N5O4S. The van der Waals surface area contributed by atoms with Crippen LogP contribution in [0.1, 0.15) is 56.4 Å². The Hall–Kier alpha value is -2.67. The molecule has 1 saturated carbocycles. The number of hydrogen-bond acceptors (Lipinski definition) is 7. The number of aromatic nitrogens is 3. The van der Waals surface area contributed by atoms with Crippen LogP contribution in [0.15, 0.2) is 12.3 Å². The Balaban J connectivity index is 0.00000134. The van der Waals surface area contributed by atoms with E-state index in [-0.39, 0.29) is 29.7 Å². The summed E-state index contributed by atoms with van der Waals surface area (Å²) in [6.07, 6.45) is 1.18. The number of nitrogens with zero attached hydrogens (tertiary/aromatic N) is 4. The molecular weight excluding hydrogens is 559 g/mol. The molecule has 0 unspecified atom stereocenters. The van der Waals surface area contributed by atoms with Gasteiger partial charge < -0.3 is 15.0 Å². The predicted octanol–water partition coefficient (Wildman–Crippen LogP) is 4.90. The predicted molar refractivity (Wildman–Crippen MR) is 141 cm³/mol. The molecule has 1 aliphatic carbocycles. The summed E-state index contributed by atoms with van der Waals surface area (Å²) in [7, 11) is 1.50. The number of rotatable bonds is 8. The van der Waals surface area contributed by atoms with Crippen LogP contribution in [0.3, 0.4) is 0 Å². The third kappa shape index (κ3) is 7.93. The van der Waals surface area contributed by atoms with Crippen molar-refractivity contribution in [1.29, 1.82) is 0 Å². The number of alkyl halides is 3. The number of ether oxygens (including phenoxy) is 1. The number of amides is 1. The topological polar surface area (TPSA) is 106 Å². The number of halogens is 4. The number of methoxy groups -OCH3 is 1. The Morgan fingerprint density at radius 1 is 1.21 bits per heavy atom. The van der Waals surface area contributed by atoms with Crippen molar-refractivity contribution >= 4 is 34.9 Å². The molecule has 2 fully saturated rings. The number of hydrogen-bond donors (Lipinski definition) is 1. The van der Waals surface area contributed by atoms with Crippen LogP contribution in [0.4, 0.5) is 19.0 Å². The van der Waals surface area contributed by atoms with Gasteiger partial charge in [-0.25, -0.2) is 4.98 Å². The monoisotopic (exact) mass is 591 g/mol. The molecule has 9 nitrogen and oxygen atoms in total. The Labute approximate surface area is 234 Å². The molecule has 0 spiro atoms. The van der Waals surface area contributed by atoms with Crippen LogP contribution in [0.2, 0.25) is 5.02 Å². The third-order valence-corrected chi connectivity index (χ3v) is 7.58. The first-order valence-corrected chi connectivity index (χ1v) is 13.9. The lowest BCUT2D eigenvalue weighted by molar-refractivity contribution is -0.146. The molecule has 2 aromatic rings. The normalized spacial score (nSPS) is 19.5. The molecule has 4 rings (SSSR count). The summed E-state index contributed by atoms with van der Waals surface area (Å²) in [5.41, 5.74) is 1.24. The standard InChI is InChI=1S/C25H33ClF3N5O2.O2S/c1-4-34-23(21(26)22(32-34)24(35)31-11-16-7-5-15(2)6-8-16)18-12-30-20(9-19(18)36-3)33-13-17(14-33)10-25(27,28)29;1-3-2/h9,12,15-17H,4-8,10-11,13-14H2,1-3H3,(H,31,35);. The molecule has 0 aromatic carbocycles. The van der Waals surface area contributed by atoms with Gasteiger partial charge in [-0.3, -0.25) is 9.48 Å². The minimum Gasteiger partial charge on any atom is -0.496 e. The van der Waals surface area contributed by atoms with Crippen LogP contribution in [-0.2, 0) is 18.1 Å². The summed E-state index contributed by atoms with van der Waals surface area (Å²) in [6.45, 7) is 5.80. The molecule has 0 radical (unpaired) electrons. The van der Waals surface area contributed by atoms with E-state index in [2.05, 4.69) is 22.3 Å². The fourth-order valence-electron chi connectivity index (χ4n) is 5.08. The number of pyridine rings is 1. The zero-order valence-electron chi connectivity index (χ0n) is 22.1. The minimum absolute atomic E-state index is 0.154. The lowest BCUT2D eigenvalue weighted by Crippen LogP contribution is -2.48. The average molecular weight is 592 g/mol. The summed E-state index contributed by atoms with van der Waals surface area (Å²) < 4.78 is 61.7. The van der Waals surface area contributed by atoms with Crippen LogP contribution in [0, 0.1) is 17.8 Å². The summed E-state index contributed by atoms with van der Waals surface area (Å²) in [4.78, 5) is 19.2. The molecule has 1 aliphatic heterocycles. The van der Waals surface area contributed by atoms with Gasteiger partial charge in [-0.15, -0.1) is 0 Å². The first kappa shape index (κ1) is 30.9. The lowest BCUT2D eigenvalue weighted by atomic mass is 9.83. The zero-order valence-corrected chi connectivity index (χ0v) is 23.7. The van der Waals surface area contributed by atoms with Crippen molar-refractivity contribution in [1.82, 2.24) is 20.1 Å². The van der Waals surface area contributed by atoms with Gasteiger partial charge in [0, 0.05) is 50.8 Å². The van der Waals surface area contributed by atoms with Crippen LogP contribution in [-0.4, -0.2) is 62.0 Å². The van der Waals surface area contributed by atoms with Crippen molar-refractivity contribution in [2.24, 2.45) is 17.8 Å². The number of nitrogens with one attached hydrogen (secondary N) is 1. The minimum atomic E-state index is -4.17. The van der Waals surface area contributed by atoms with Gasteiger partial charge in [0.25, 0.3) is 5.91 Å². The lowest BCUT2D eigenvalue weighted by Gasteiger charge is -2.40. The Morgan fingerprint density at radius 3 is 2.41 bits per heavy atom. The molecule has 1 N–H and O–H groups in total. The molecule has 3 heterocycles. The van der Waals surface area contributed by atoms with E-state index in [0.717, 1.165) is 18.8 Å². The highest BCUT2D eigenvalue weighted by Crippen LogP contribution is 2.40. The van der Waals surface area contributed by atoms with E-state index < -0.39 is 30.1 Å². The maximum absolute atomic E-state index is 13.0. The van der Waals surface area contributed by atoms with E-state index in [1.165, 1.54) is 20.0 Å². The van der Waals surface area contributed by atoms with Gasteiger partial charge in [0.15, 0.2) is 5.69 Å². The maximum atomic E-state index is 13.0. The van der Waals surface area contributed by atoms with Crippen molar-refractivity contribution in [3.8, 4) is 17.0 Å².